The van der Waals surface area contributed by atoms with E-state index in [0.29, 0.717) is 35.6 Å². The van der Waals surface area contributed by atoms with Crippen molar-refractivity contribution in [2.45, 2.75) is 39.8 Å². The molecule has 9 nitrogen and oxygen atoms in total. The van der Waals surface area contributed by atoms with Gasteiger partial charge in [0, 0.05) is 23.9 Å². The van der Waals surface area contributed by atoms with E-state index >= 15 is 0 Å². The number of hydrogen-bond donors (Lipinski definition) is 2. The molecule has 2 aromatic heterocycles. The summed E-state index contributed by atoms with van der Waals surface area (Å²) >= 11 is 0. The summed E-state index contributed by atoms with van der Waals surface area (Å²) in [7, 11) is -3.59. The lowest BCUT2D eigenvalue weighted by molar-refractivity contribution is 0.0634. The smallest absolute Gasteiger partial charge is 0.275 e. The number of benzene rings is 2. The normalized spacial score (nSPS) is 15.7. The van der Waals surface area contributed by atoms with Crippen LogP contribution in [0.1, 0.15) is 50.0 Å². The lowest BCUT2D eigenvalue weighted by atomic mass is 9.91. The summed E-state index contributed by atoms with van der Waals surface area (Å²) in [6.45, 7) is 5.72. The van der Waals surface area contributed by atoms with Crippen LogP contribution in [0.3, 0.4) is 0 Å². The number of fused-ring (bicyclic) bond motifs is 2. The van der Waals surface area contributed by atoms with Crippen molar-refractivity contribution in [2.75, 3.05) is 11.0 Å². The van der Waals surface area contributed by atoms with Gasteiger partial charge in [0.15, 0.2) is 5.65 Å². The third-order valence-electron chi connectivity index (χ3n) is 6.67. The summed E-state index contributed by atoms with van der Waals surface area (Å²) in [6, 6.07) is 14.4. The average molecular weight is 506 g/mol. The highest BCUT2D eigenvalue weighted by atomic mass is 32.2. The number of sulfonamides is 1. The van der Waals surface area contributed by atoms with Gasteiger partial charge in [0.25, 0.3) is 11.5 Å². The van der Waals surface area contributed by atoms with Crippen molar-refractivity contribution in [3.05, 3.63) is 98.1 Å². The van der Waals surface area contributed by atoms with Crippen LogP contribution >= 0.6 is 0 Å². The van der Waals surface area contributed by atoms with Crippen LogP contribution in [0.25, 0.3) is 5.65 Å². The van der Waals surface area contributed by atoms with Crippen LogP contribution < -0.4 is 10.3 Å². The second kappa shape index (κ2) is 8.63. The van der Waals surface area contributed by atoms with Gasteiger partial charge in [0.1, 0.15) is 0 Å². The number of rotatable bonds is 4. The molecule has 2 aromatic carbocycles. The number of nitrogens with zero attached hydrogens (tertiary/aromatic N) is 3. The quantitative estimate of drug-likeness (QED) is 0.442. The van der Waals surface area contributed by atoms with Crippen LogP contribution in [0.15, 0.2) is 53.3 Å². The molecular formula is C26H27N5O4S. The fraction of sp³-hybridized carbons (Fsp3) is 0.269. The molecule has 4 aromatic rings. The van der Waals surface area contributed by atoms with Crippen molar-refractivity contribution in [3.8, 4) is 0 Å². The van der Waals surface area contributed by atoms with E-state index in [4.69, 9.17) is 0 Å². The van der Waals surface area contributed by atoms with E-state index < -0.39 is 16.1 Å². The first kappa shape index (κ1) is 23.8. The summed E-state index contributed by atoms with van der Waals surface area (Å²) in [5, 5.41) is 3.17. The molecule has 3 heterocycles. The molecule has 1 atom stereocenters. The Hall–Kier alpha value is -3.92. The molecule has 186 valence electrons. The van der Waals surface area contributed by atoms with Crippen LogP contribution in [-0.2, 0) is 23.0 Å². The molecule has 1 amide bonds. The fourth-order valence-electron chi connectivity index (χ4n) is 4.70. The summed E-state index contributed by atoms with van der Waals surface area (Å²) in [5.41, 5.74) is 5.64. The Morgan fingerprint density at radius 3 is 2.53 bits per heavy atom. The Morgan fingerprint density at radius 1 is 1.08 bits per heavy atom. The van der Waals surface area contributed by atoms with Gasteiger partial charge in [0.2, 0.25) is 10.0 Å². The lowest BCUT2D eigenvalue weighted by Crippen LogP contribution is -2.39. The molecule has 0 saturated carbocycles. The van der Waals surface area contributed by atoms with Crippen LogP contribution in [0, 0.1) is 20.8 Å². The predicted molar refractivity (Wildman–Crippen MR) is 138 cm³/mol. The first-order valence-electron chi connectivity index (χ1n) is 11.6. The largest absolute Gasteiger partial charge is 0.325 e. The lowest BCUT2D eigenvalue weighted by Gasteiger charge is -2.37. The van der Waals surface area contributed by atoms with E-state index in [0.717, 1.165) is 22.9 Å². The molecule has 36 heavy (non-hydrogen) atoms. The van der Waals surface area contributed by atoms with E-state index in [1.54, 1.807) is 43.0 Å². The van der Waals surface area contributed by atoms with Crippen molar-refractivity contribution in [3.63, 3.8) is 0 Å². The summed E-state index contributed by atoms with van der Waals surface area (Å²) in [6.07, 6.45) is 1.59. The maximum absolute atomic E-state index is 14.0. The maximum Gasteiger partial charge on any atom is 0.275 e. The van der Waals surface area contributed by atoms with Gasteiger partial charge >= 0.3 is 0 Å². The Morgan fingerprint density at radius 2 is 1.81 bits per heavy atom. The number of carbonyl (C=O) groups excluding carboxylic acids is 1. The van der Waals surface area contributed by atoms with Crippen molar-refractivity contribution >= 4 is 27.3 Å². The monoisotopic (exact) mass is 505 g/mol. The number of aromatic nitrogens is 3. The first-order valence-corrected chi connectivity index (χ1v) is 13.5. The number of H-pyrrole nitrogens is 1. The summed E-state index contributed by atoms with van der Waals surface area (Å²) < 4.78 is 27.9. The number of carbonyl (C=O) groups is 1. The predicted octanol–water partition coefficient (Wildman–Crippen LogP) is 3.26. The molecule has 1 unspecified atom stereocenters. The zero-order chi connectivity index (χ0) is 25.8. The third kappa shape index (κ3) is 4.28. The Bertz CT molecular complexity index is 1690. The van der Waals surface area contributed by atoms with Gasteiger partial charge < -0.3 is 4.90 Å². The van der Waals surface area contributed by atoms with Gasteiger partial charge in [-0.05, 0) is 50.5 Å². The number of aryl methyl sites for hydroxylation is 2. The summed E-state index contributed by atoms with van der Waals surface area (Å²) in [5.74, 6) is -0.310. The molecule has 0 spiro atoms. The molecule has 0 radical (unpaired) electrons. The topological polar surface area (TPSA) is 117 Å². The zero-order valence-electron chi connectivity index (χ0n) is 20.5. The zero-order valence-corrected chi connectivity index (χ0v) is 21.3. The van der Waals surface area contributed by atoms with Crippen LogP contribution in [0.5, 0.6) is 0 Å². The maximum atomic E-state index is 14.0. The number of aromatic amines is 1. The van der Waals surface area contributed by atoms with Gasteiger partial charge in [0.05, 0.1) is 29.2 Å². The Balaban J connectivity index is 1.65. The Kier molecular flexibility index (Phi) is 5.71. The highest BCUT2D eigenvalue weighted by Gasteiger charge is 2.34. The molecule has 0 bridgehead atoms. The minimum atomic E-state index is -3.59. The SMILES string of the molecule is Cc1ccc(NS(C)(=O)=O)c(C(=O)N2Cc3ccccc3CC2c2cc3nc(C)c(C)c(=O)n3[nH]2)c1. The van der Waals surface area contributed by atoms with Crippen LogP contribution in [-0.4, -0.2) is 40.1 Å². The van der Waals surface area contributed by atoms with Crippen LogP contribution in [0.4, 0.5) is 5.69 Å². The minimum Gasteiger partial charge on any atom is -0.325 e. The number of amides is 1. The third-order valence-corrected chi connectivity index (χ3v) is 7.26. The van der Waals surface area contributed by atoms with E-state index in [1.165, 1.54) is 4.52 Å². The standard InChI is InChI=1S/C26H27N5O4S/c1-15-9-10-21(29-36(4,34)35)20(11-15)26(33)30-14-19-8-6-5-7-18(19)12-23(30)22-13-24-27-17(3)16(2)25(32)31(24)28-22/h5-11,13,23,28-29H,12,14H2,1-4H3. The number of hydrogen-bond acceptors (Lipinski definition) is 5. The van der Waals surface area contributed by atoms with Gasteiger partial charge in [-0.1, -0.05) is 35.9 Å². The fourth-order valence-corrected chi connectivity index (χ4v) is 5.28. The number of anilines is 1. The molecule has 0 aliphatic carbocycles. The highest BCUT2D eigenvalue weighted by Crippen LogP contribution is 2.35. The van der Waals surface area contributed by atoms with Crippen LogP contribution in [0.2, 0.25) is 0 Å². The van der Waals surface area contributed by atoms with E-state index in [2.05, 4.69) is 14.8 Å². The van der Waals surface area contributed by atoms with Gasteiger partial charge in [-0.25, -0.2) is 17.9 Å². The second-order valence-electron chi connectivity index (χ2n) is 9.38. The molecule has 1 aliphatic rings. The minimum absolute atomic E-state index is 0.184. The van der Waals surface area contributed by atoms with Crippen molar-refractivity contribution in [1.29, 1.82) is 0 Å². The van der Waals surface area contributed by atoms with Gasteiger partial charge in [-0.15, -0.1) is 0 Å². The first-order chi connectivity index (χ1) is 17.0. The van der Waals surface area contributed by atoms with Crippen molar-refractivity contribution in [1.82, 2.24) is 19.5 Å². The average Bonchev–Trinajstić information content (AvgIpc) is 3.25. The van der Waals surface area contributed by atoms with Crippen molar-refractivity contribution in [2.24, 2.45) is 0 Å². The molecule has 0 saturated heterocycles. The molecule has 1 aliphatic heterocycles. The summed E-state index contributed by atoms with van der Waals surface area (Å²) in [4.78, 5) is 33.1. The van der Waals surface area contributed by atoms with E-state index in [-0.39, 0.29) is 22.7 Å². The van der Waals surface area contributed by atoms with Crippen molar-refractivity contribution < 1.29 is 13.2 Å². The second-order valence-corrected chi connectivity index (χ2v) is 11.1. The van der Waals surface area contributed by atoms with Gasteiger partial charge in [-0.2, -0.15) is 0 Å². The molecule has 0 fully saturated rings. The molecular weight excluding hydrogens is 478 g/mol. The van der Waals surface area contributed by atoms with Gasteiger partial charge in [-0.3, -0.25) is 19.4 Å². The van der Waals surface area contributed by atoms with E-state index in [1.807, 2.05) is 31.2 Å². The molecule has 10 heteroatoms. The number of nitrogens with one attached hydrogen (secondary N) is 2. The van der Waals surface area contributed by atoms with E-state index in [9.17, 15) is 18.0 Å². The highest BCUT2D eigenvalue weighted by molar-refractivity contribution is 7.92. The molecule has 5 rings (SSSR count). The Labute approximate surface area is 208 Å². The molecule has 2 N–H and O–H groups in total.